The molecule has 0 aromatic rings. The van der Waals surface area contributed by atoms with Gasteiger partial charge in [-0.15, -0.1) is 0 Å². The largest absolute Gasteiger partial charge is 0.330 e. The molecule has 8 N–H and O–H groups in total. The summed E-state index contributed by atoms with van der Waals surface area (Å²) in [6, 6.07) is 0. The minimum Gasteiger partial charge on any atom is -0.330 e. The van der Waals surface area contributed by atoms with Crippen LogP contribution >= 0.6 is 0 Å². The Kier molecular flexibility index (Phi) is 4.52. The van der Waals surface area contributed by atoms with Crippen molar-refractivity contribution in [2.45, 2.75) is 50.6 Å². The van der Waals surface area contributed by atoms with E-state index >= 15 is 0 Å². The number of hydrogen-bond acceptors (Lipinski definition) is 4. The number of nitrogens with two attached hydrogens (primary N) is 4. The maximum atomic E-state index is 6.23. The van der Waals surface area contributed by atoms with Gasteiger partial charge in [0.2, 0.25) is 0 Å². The Labute approximate surface area is 92.7 Å². The van der Waals surface area contributed by atoms with E-state index in [1.807, 2.05) is 0 Å². The van der Waals surface area contributed by atoms with Crippen LogP contribution in [0.2, 0.25) is 0 Å². The fourth-order valence-corrected chi connectivity index (χ4v) is 2.94. The number of rotatable bonds is 6. The van der Waals surface area contributed by atoms with Gasteiger partial charge >= 0.3 is 0 Å². The van der Waals surface area contributed by atoms with Gasteiger partial charge in [0, 0.05) is 5.41 Å². The van der Waals surface area contributed by atoms with E-state index in [4.69, 9.17) is 22.9 Å². The highest BCUT2D eigenvalue weighted by molar-refractivity contribution is 5.03. The molecule has 1 aliphatic carbocycles. The molecule has 0 radical (unpaired) electrons. The SMILES string of the molecule is NCCCC1(CCCN)CCCC1(N)N. The highest BCUT2D eigenvalue weighted by atomic mass is 15.0. The van der Waals surface area contributed by atoms with E-state index < -0.39 is 5.66 Å². The van der Waals surface area contributed by atoms with Crippen LogP contribution in [0, 0.1) is 5.41 Å². The van der Waals surface area contributed by atoms with Crippen LogP contribution in [0.3, 0.4) is 0 Å². The summed E-state index contributed by atoms with van der Waals surface area (Å²) in [4.78, 5) is 0. The zero-order valence-electron chi connectivity index (χ0n) is 9.67. The van der Waals surface area contributed by atoms with Crippen molar-refractivity contribution in [3.8, 4) is 0 Å². The Bertz CT molecular complexity index is 183. The minimum atomic E-state index is -0.503. The Morgan fingerprint density at radius 1 is 0.867 bits per heavy atom. The summed E-state index contributed by atoms with van der Waals surface area (Å²) in [5.41, 5.74) is 23.2. The van der Waals surface area contributed by atoms with E-state index in [1.54, 1.807) is 0 Å². The van der Waals surface area contributed by atoms with Crippen molar-refractivity contribution in [2.75, 3.05) is 13.1 Å². The molecule has 0 aromatic heterocycles. The van der Waals surface area contributed by atoms with Crippen LogP contribution in [0.1, 0.15) is 44.9 Å². The van der Waals surface area contributed by atoms with Gasteiger partial charge in [-0.2, -0.15) is 0 Å². The maximum Gasteiger partial charge on any atom is 0.0694 e. The first-order valence-corrected chi connectivity index (χ1v) is 6.06. The van der Waals surface area contributed by atoms with Gasteiger partial charge < -0.3 is 22.9 Å². The van der Waals surface area contributed by atoms with Crippen molar-refractivity contribution in [1.82, 2.24) is 0 Å². The summed E-state index contributed by atoms with van der Waals surface area (Å²) in [7, 11) is 0. The smallest absolute Gasteiger partial charge is 0.0694 e. The molecule has 0 unspecified atom stereocenters. The standard InChI is InChI=1S/C11H26N4/c12-8-2-5-10(6-3-9-13)4-1-7-11(10,14)15/h1-9,12-15H2. The van der Waals surface area contributed by atoms with Gasteiger partial charge in [-0.3, -0.25) is 0 Å². The van der Waals surface area contributed by atoms with Gasteiger partial charge in [-0.25, -0.2) is 0 Å². The van der Waals surface area contributed by atoms with Crippen LogP contribution in [0.5, 0.6) is 0 Å². The lowest BCUT2D eigenvalue weighted by molar-refractivity contribution is 0.128. The molecule has 1 saturated carbocycles. The summed E-state index contributed by atoms with van der Waals surface area (Å²) in [5, 5.41) is 0. The highest BCUT2D eigenvalue weighted by Gasteiger charge is 2.48. The first-order chi connectivity index (χ1) is 7.08. The molecular weight excluding hydrogens is 188 g/mol. The van der Waals surface area contributed by atoms with Gasteiger partial charge in [0.05, 0.1) is 5.66 Å². The molecule has 0 aromatic carbocycles. The highest BCUT2D eigenvalue weighted by Crippen LogP contribution is 2.48. The predicted molar refractivity (Wildman–Crippen MR) is 64.0 cm³/mol. The lowest BCUT2D eigenvalue weighted by Gasteiger charge is -2.41. The monoisotopic (exact) mass is 214 g/mol. The van der Waals surface area contributed by atoms with Crippen molar-refractivity contribution in [2.24, 2.45) is 28.3 Å². The van der Waals surface area contributed by atoms with E-state index in [2.05, 4.69) is 0 Å². The van der Waals surface area contributed by atoms with Gasteiger partial charge in [0.15, 0.2) is 0 Å². The second kappa shape index (κ2) is 5.25. The Balaban J connectivity index is 2.66. The third kappa shape index (κ3) is 2.69. The number of hydrogen-bond donors (Lipinski definition) is 4. The van der Waals surface area contributed by atoms with E-state index in [0.717, 1.165) is 58.0 Å². The Morgan fingerprint density at radius 2 is 1.40 bits per heavy atom. The second-order valence-electron chi connectivity index (χ2n) is 4.96. The fraction of sp³-hybridized carbons (Fsp3) is 1.00. The summed E-state index contributed by atoms with van der Waals surface area (Å²) in [6.45, 7) is 1.45. The molecule has 0 saturated heterocycles. The second-order valence-corrected chi connectivity index (χ2v) is 4.96. The Hall–Kier alpha value is -0.160. The molecule has 90 valence electrons. The van der Waals surface area contributed by atoms with Crippen LogP contribution in [-0.4, -0.2) is 18.8 Å². The average molecular weight is 214 g/mol. The van der Waals surface area contributed by atoms with Crippen LogP contribution in [0.25, 0.3) is 0 Å². The van der Waals surface area contributed by atoms with Crippen molar-refractivity contribution >= 4 is 0 Å². The van der Waals surface area contributed by atoms with E-state index in [9.17, 15) is 0 Å². The molecule has 0 atom stereocenters. The predicted octanol–water partition coefficient (Wildman–Crippen LogP) is 0.248. The quantitative estimate of drug-likeness (QED) is 0.476. The third-order valence-electron chi connectivity index (χ3n) is 3.95. The van der Waals surface area contributed by atoms with Crippen molar-refractivity contribution in [3.05, 3.63) is 0 Å². The maximum absolute atomic E-state index is 6.23. The van der Waals surface area contributed by atoms with Gasteiger partial charge in [0.1, 0.15) is 0 Å². The van der Waals surface area contributed by atoms with Crippen molar-refractivity contribution < 1.29 is 0 Å². The molecule has 1 rings (SSSR count). The zero-order chi connectivity index (χ0) is 11.4. The van der Waals surface area contributed by atoms with Crippen LogP contribution in [-0.2, 0) is 0 Å². The third-order valence-corrected chi connectivity index (χ3v) is 3.95. The summed E-state index contributed by atoms with van der Waals surface area (Å²) in [5.74, 6) is 0. The molecule has 0 aliphatic heterocycles. The van der Waals surface area contributed by atoms with Gasteiger partial charge in [-0.05, 0) is 58.0 Å². The molecule has 0 heterocycles. The lowest BCUT2D eigenvalue weighted by atomic mass is 9.71. The minimum absolute atomic E-state index is 0.0890. The average Bonchev–Trinajstić information content (AvgIpc) is 2.49. The van der Waals surface area contributed by atoms with Crippen molar-refractivity contribution in [1.29, 1.82) is 0 Å². The molecule has 0 amide bonds. The summed E-state index contributed by atoms with van der Waals surface area (Å²) < 4.78 is 0. The lowest BCUT2D eigenvalue weighted by Crippen LogP contribution is -2.59. The Morgan fingerprint density at radius 3 is 1.73 bits per heavy atom. The van der Waals surface area contributed by atoms with Gasteiger partial charge in [-0.1, -0.05) is 0 Å². The first kappa shape index (κ1) is 12.9. The van der Waals surface area contributed by atoms with E-state index in [-0.39, 0.29) is 5.41 Å². The molecule has 1 fully saturated rings. The van der Waals surface area contributed by atoms with Crippen LogP contribution in [0.15, 0.2) is 0 Å². The molecule has 0 spiro atoms. The van der Waals surface area contributed by atoms with E-state index in [0.29, 0.717) is 0 Å². The molecule has 15 heavy (non-hydrogen) atoms. The van der Waals surface area contributed by atoms with Crippen LogP contribution in [0.4, 0.5) is 0 Å². The molecule has 0 bridgehead atoms. The van der Waals surface area contributed by atoms with Gasteiger partial charge in [0.25, 0.3) is 0 Å². The topological polar surface area (TPSA) is 104 Å². The first-order valence-electron chi connectivity index (χ1n) is 6.06. The molecule has 4 heteroatoms. The summed E-state index contributed by atoms with van der Waals surface area (Å²) in [6.07, 6.45) is 7.35. The zero-order valence-corrected chi connectivity index (χ0v) is 9.67. The fourth-order valence-electron chi connectivity index (χ4n) is 2.94. The molecule has 4 nitrogen and oxygen atoms in total. The van der Waals surface area contributed by atoms with Crippen molar-refractivity contribution in [3.63, 3.8) is 0 Å². The molecule has 1 aliphatic rings. The van der Waals surface area contributed by atoms with Crippen LogP contribution < -0.4 is 22.9 Å². The summed E-state index contributed by atoms with van der Waals surface area (Å²) >= 11 is 0. The van der Waals surface area contributed by atoms with E-state index in [1.165, 1.54) is 0 Å². The molecular formula is C11H26N4. The normalized spacial score (nSPS) is 23.2.